The summed E-state index contributed by atoms with van der Waals surface area (Å²) in [4.78, 5) is 13.9. The van der Waals surface area contributed by atoms with Crippen LogP contribution in [0.25, 0.3) is 0 Å². The van der Waals surface area contributed by atoms with E-state index in [1.807, 2.05) is 37.8 Å². The molecule has 1 fully saturated rings. The van der Waals surface area contributed by atoms with E-state index in [9.17, 15) is 4.79 Å². The smallest absolute Gasteiger partial charge is 0.410 e. The van der Waals surface area contributed by atoms with Crippen LogP contribution < -0.4 is 5.73 Å². The van der Waals surface area contributed by atoms with Crippen LogP contribution >= 0.6 is 0 Å². The molecule has 1 saturated heterocycles. The van der Waals surface area contributed by atoms with Crippen LogP contribution in [0.5, 0.6) is 0 Å². The summed E-state index contributed by atoms with van der Waals surface area (Å²) in [6.07, 6.45) is 2.82. The van der Waals surface area contributed by atoms with E-state index in [2.05, 4.69) is 13.0 Å². The maximum Gasteiger partial charge on any atom is 0.410 e. The van der Waals surface area contributed by atoms with Crippen molar-refractivity contribution in [3.05, 3.63) is 29.3 Å². The predicted molar refractivity (Wildman–Crippen MR) is 89.8 cm³/mol. The summed E-state index contributed by atoms with van der Waals surface area (Å²) in [7, 11) is 0. The fourth-order valence-electron chi connectivity index (χ4n) is 2.87. The van der Waals surface area contributed by atoms with Gasteiger partial charge in [-0.15, -0.1) is 0 Å². The molecule has 2 N–H and O–H groups in total. The van der Waals surface area contributed by atoms with E-state index in [-0.39, 0.29) is 6.09 Å². The minimum Gasteiger partial charge on any atom is -0.444 e. The first-order valence-electron chi connectivity index (χ1n) is 8.07. The van der Waals surface area contributed by atoms with E-state index in [4.69, 9.17) is 10.5 Å². The van der Waals surface area contributed by atoms with Gasteiger partial charge in [0.25, 0.3) is 0 Å². The molecule has 0 radical (unpaired) electrons. The third-order valence-electron chi connectivity index (χ3n) is 4.07. The van der Waals surface area contributed by atoms with Crippen molar-refractivity contribution >= 4 is 11.8 Å². The normalized spacial score (nSPS) is 16.6. The second-order valence-corrected chi connectivity index (χ2v) is 7.32. The van der Waals surface area contributed by atoms with Crippen molar-refractivity contribution in [2.45, 2.75) is 52.6 Å². The molecule has 0 saturated carbocycles. The number of anilines is 1. The first-order valence-corrected chi connectivity index (χ1v) is 8.07. The number of likely N-dealkylation sites (tertiary alicyclic amines) is 1. The monoisotopic (exact) mass is 304 g/mol. The van der Waals surface area contributed by atoms with Crippen molar-refractivity contribution in [2.24, 2.45) is 5.92 Å². The number of carbonyl (C=O) groups is 1. The lowest BCUT2D eigenvalue weighted by Gasteiger charge is -2.33. The Morgan fingerprint density at radius 1 is 1.32 bits per heavy atom. The fraction of sp³-hybridized carbons (Fsp3) is 0.611. The first kappa shape index (κ1) is 16.7. The second kappa shape index (κ2) is 6.59. The largest absolute Gasteiger partial charge is 0.444 e. The van der Waals surface area contributed by atoms with Gasteiger partial charge >= 0.3 is 6.09 Å². The Balaban J connectivity index is 1.87. The van der Waals surface area contributed by atoms with E-state index in [0.717, 1.165) is 38.0 Å². The van der Waals surface area contributed by atoms with Crippen LogP contribution in [0.2, 0.25) is 0 Å². The molecule has 0 bridgehead atoms. The van der Waals surface area contributed by atoms with Gasteiger partial charge in [0, 0.05) is 18.8 Å². The molecule has 1 heterocycles. The maximum absolute atomic E-state index is 12.1. The summed E-state index contributed by atoms with van der Waals surface area (Å²) in [5.41, 5.74) is 8.99. The van der Waals surface area contributed by atoms with Crippen molar-refractivity contribution in [2.75, 3.05) is 18.8 Å². The Morgan fingerprint density at radius 2 is 1.95 bits per heavy atom. The van der Waals surface area contributed by atoms with Crippen LogP contribution in [0.3, 0.4) is 0 Å². The topological polar surface area (TPSA) is 55.6 Å². The van der Waals surface area contributed by atoms with Crippen LogP contribution in [0.1, 0.15) is 44.7 Å². The standard InChI is InChI=1S/C18H28N2O2/c1-13-5-6-16(19)15(11-13)12-14-7-9-20(10-8-14)17(21)22-18(2,3)4/h5-6,11,14H,7-10,12,19H2,1-4H3. The Hall–Kier alpha value is -1.71. The van der Waals surface area contributed by atoms with Gasteiger partial charge in [0.1, 0.15) is 5.60 Å². The molecule has 1 amide bonds. The number of nitrogens with two attached hydrogens (primary N) is 1. The van der Waals surface area contributed by atoms with E-state index >= 15 is 0 Å². The number of carbonyl (C=O) groups excluding carboxylic acids is 1. The molecule has 0 atom stereocenters. The van der Waals surface area contributed by atoms with E-state index in [1.165, 1.54) is 11.1 Å². The predicted octanol–water partition coefficient (Wildman–Crippen LogP) is 3.77. The zero-order valence-corrected chi connectivity index (χ0v) is 14.2. The van der Waals surface area contributed by atoms with E-state index in [0.29, 0.717) is 5.92 Å². The molecule has 1 aromatic rings. The average molecular weight is 304 g/mol. The van der Waals surface area contributed by atoms with Crippen molar-refractivity contribution in [3.8, 4) is 0 Å². The third-order valence-corrected chi connectivity index (χ3v) is 4.07. The minimum atomic E-state index is -0.427. The van der Waals surface area contributed by atoms with Crippen molar-refractivity contribution in [1.82, 2.24) is 4.90 Å². The Labute approximate surface area is 133 Å². The quantitative estimate of drug-likeness (QED) is 0.846. The molecule has 2 rings (SSSR count). The molecule has 0 spiro atoms. The molecular weight excluding hydrogens is 276 g/mol. The molecular formula is C18H28N2O2. The number of benzene rings is 1. The van der Waals surface area contributed by atoms with Gasteiger partial charge in [-0.3, -0.25) is 0 Å². The Morgan fingerprint density at radius 3 is 2.55 bits per heavy atom. The summed E-state index contributed by atoms with van der Waals surface area (Å²) in [6, 6.07) is 6.21. The van der Waals surface area contributed by atoms with Gasteiger partial charge in [-0.1, -0.05) is 17.7 Å². The van der Waals surface area contributed by atoms with Crippen LogP contribution in [-0.2, 0) is 11.2 Å². The summed E-state index contributed by atoms with van der Waals surface area (Å²) in [5.74, 6) is 0.586. The highest BCUT2D eigenvalue weighted by atomic mass is 16.6. The number of piperidine rings is 1. The van der Waals surface area contributed by atoms with E-state index in [1.54, 1.807) is 0 Å². The highest BCUT2D eigenvalue weighted by molar-refractivity contribution is 5.68. The van der Waals surface area contributed by atoms with Crippen LogP contribution in [0, 0.1) is 12.8 Å². The number of ether oxygens (including phenoxy) is 1. The lowest BCUT2D eigenvalue weighted by atomic mass is 9.89. The van der Waals surface area contributed by atoms with Gasteiger partial charge in [0.15, 0.2) is 0 Å². The highest BCUT2D eigenvalue weighted by Gasteiger charge is 2.27. The molecule has 122 valence electrons. The number of aryl methyl sites for hydroxylation is 1. The average Bonchev–Trinajstić information content (AvgIpc) is 2.42. The number of hydrogen-bond acceptors (Lipinski definition) is 3. The number of hydrogen-bond donors (Lipinski definition) is 1. The Bertz CT molecular complexity index is 526. The number of nitrogen functional groups attached to an aromatic ring is 1. The van der Waals surface area contributed by atoms with Crippen LogP contribution in [-0.4, -0.2) is 29.7 Å². The molecule has 4 nitrogen and oxygen atoms in total. The maximum atomic E-state index is 12.1. The van der Waals surface area contributed by atoms with Gasteiger partial charge in [-0.2, -0.15) is 0 Å². The molecule has 0 aliphatic carbocycles. The van der Waals surface area contributed by atoms with Crippen molar-refractivity contribution in [3.63, 3.8) is 0 Å². The molecule has 22 heavy (non-hydrogen) atoms. The third kappa shape index (κ3) is 4.65. The van der Waals surface area contributed by atoms with Gasteiger partial charge in [-0.25, -0.2) is 4.79 Å². The van der Waals surface area contributed by atoms with Gasteiger partial charge in [0.2, 0.25) is 0 Å². The first-order chi connectivity index (χ1) is 10.2. The van der Waals surface area contributed by atoms with Gasteiger partial charge in [-0.05, 0) is 64.5 Å². The SMILES string of the molecule is Cc1ccc(N)c(CC2CCN(C(=O)OC(C)(C)C)CC2)c1. The second-order valence-electron chi connectivity index (χ2n) is 7.32. The molecule has 4 heteroatoms. The van der Waals surface area contributed by atoms with Crippen LogP contribution in [0.4, 0.5) is 10.5 Å². The van der Waals surface area contributed by atoms with Gasteiger partial charge in [0.05, 0.1) is 0 Å². The molecule has 0 unspecified atom stereocenters. The lowest BCUT2D eigenvalue weighted by molar-refractivity contribution is 0.0184. The van der Waals surface area contributed by atoms with Gasteiger partial charge < -0.3 is 15.4 Å². The summed E-state index contributed by atoms with van der Waals surface area (Å²) < 4.78 is 5.43. The van der Waals surface area contributed by atoms with E-state index < -0.39 is 5.60 Å². The number of nitrogens with zero attached hydrogens (tertiary/aromatic N) is 1. The fourth-order valence-corrected chi connectivity index (χ4v) is 2.87. The lowest BCUT2D eigenvalue weighted by Crippen LogP contribution is -2.42. The molecule has 1 aromatic carbocycles. The molecule has 1 aliphatic rings. The van der Waals surface area contributed by atoms with Crippen molar-refractivity contribution < 1.29 is 9.53 Å². The Kier molecular flexibility index (Phi) is 4.99. The highest BCUT2D eigenvalue weighted by Crippen LogP contribution is 2.26. The summed E-state index contributed by atoms with van der Waals surface area (Å²) in [6.45, 7) is 9.33. The van der Waals surface area contributed by atoms with Crippen molar-refractivity contribution in [1.29, 1.82) is 0 Å². The number of rotatable bonds is 2. The summed E-state index contributed by atoms with van der Waals surface area (Å²) >= 11 is 0. The molecule has 1 aliphatic heterocycles. The zero-order chi connectivity index (χ0) is 16.3. The molecule has 0 aromatic heterocycles. The summed E-state index contributed by atoms with van der Waals surface area (Å²) in [5, 5.41) is 0. The minimum absolute atomic E-state index is 0.194. The number of amides is 1. The zero-order valence-electron chi connectivity index (χ0n) is 14.2. The van der Waals surface area contributed by atoms with Crippen LogP contribution in [0.15, 0.2) is 18.2 Å².